The molecular formula is C21H18FNO4S2. The molecule has 1 aliphatic rings. The monoisotopic (exact) mass is 431 g/mol. The van der Waals surface area contributed by atoms with Gasteiger partial charge >= 0.3 is 10.1 Å². The SMILES string of the molecule is O=C(c1cccs1)N(Cc1ccc(OS(=O)(=O)c2ccc(F)cc2)cc1)C1CC1. The van der Waals surface area contributed by atoms with Gasteiger partial charge in [0.1, 0.15) is 16.5 Å². The fraction of sp³-hybridized carbons (Fsp3) is 0.190. The van der Waals surface area contributed by atoms with E-state index in [0.29, 0.717) is 11.4 Å². The van der Waals surface area contributed by atoms with Crippen LogP contribution in [0.2, 0.25) is 0 Å². The second-order valence-electron chi connectivity index (χ2n) is 6.78. The quantitative estimate of drug-likeness (QED) is 0.518. The summed E-state index contributed by atoms with van der Waals surface area (Å²) in [4.78, 5) is 15.2. The molecule has 150 valence electrons. The van der Waals surface area contributed by atoms with Crippen LogP contribution in [0, 0.1) is 5.82 Å². The third-order valence-electron chi connectivity index (χ3n) is 4.56. The molecule has 1 heterocycles. The summed E-state index contributed by atoms with van der Waals surface area (Å²) >= 11 is 1.42. The Hall–Kier alpha value is -2.71. The molecule has 2 aromatic carbocycles. The van der Waals surface area contributed by atoms with Crippen LogP contribution in [0.15, 0.2) is 70.9 Å². The minimum atomic E-state index is -4.04. The fourth-order valence-corrected chi connectivity index (χ4v) is 4.53. The van der Waals surface area contributed by atoms with E-state index in [9.17, 15) is 17.6 Å². The lowest BCUT2D eigenvalue weighted by Crippen LogP contribution is -2.32. The molecule has 0 aliphatic heterocycles. The number of amides is 1. The molecule has 3 aromatic rings. The topological polar surface area (TPSA) is 63.7 Å². The molecule has 1 aliphatic carbocycles. The van der Waals surface area contributed by atoms with Crippen molar-refractivity contribution in [2.45, 2.75) is 30.3 Å². The molecule has 1 amide bonds. The fourth-order valence-electron chi connectivity index (χ4n) is 2.92. The molecule has 1 fully saturated rings. The zero-order valence-corrected chi connectivity index (χ0v) is 17.0. The summed E-state index contributed by atoms with van der Waals surface area (Å²) < 4.78 is 42.7. The van der Waals surface area contributed by atoms with Gasteiger partial charge in [-0.15, -0.1) is 11.3 Å². The van der Waals surface area contributed by atoms with Crippen LogP contribution in [0.5, 0.6) is 5.75 Å². The molecule has 0 unspecified atom stereocenters. The Morgan fingerprint density at radius 1 is 1.07 bits per heavy atom. The second-order valence-corrected chi connectivity index (χ2v) is 9.27. The number of hydrogen-bond acceptors (Lipinski definition) is 5. The van der Waals surface area contributed by atoms with E-state index >= 15 is 0 Å². The highest BCUT2D eigenvalue weighted by Crippen LogP contribution is 2.31. The molecule has 1 saturated carbocycles. The molecule has 4 rings (SSSR count). The highest BCUT2D eigenvalue weighted by Gasteiger charge is 2.33. The third kappa shape index (κ3) is 4.65. The van der Waals surface area contributed by atoms with Gasteiger partial charge < -0.3 is 9.08 Å². The number of halogens is 1. The number of rotatable bonds is 7. The minimum absolute atomic E-state index is 0.0155. The van der Waals surface area contributed by atoms with Crippen LogP contribution in [0.4, 0.5) is 4.39 Å². The van der Waals surface area contributed by atoms with E-state index in [1.807, 2.05) is 22.4 Å². The number of nitrogens with zero attached hydrogens (tertiary/aromatic N) is 1. The van der Waals surface area contributed by atoms with Crippen LogP contribution in [-0.4, -0.2) is 25.3 Å². The molecule has 8 heteroatoms. The van der Waals surface area contributed by atoms with Crippen LogP contribution in [-0.2, 0) is 16.7 Å². The molecular weight excluding hydrogens is 413 g/mol. The average molecular weight is 432 g/mol. The van der Waals surface area contributed by atoms with Gasteiger partial charge in [0.15, 0.2) is 0 Å². The van der Waals surface area contributed by atoms with Crippen LogP contribution < -0.4 is 4.18 Å². The molecule has 0 radical (unpaired) electrons. The number of thiophene rings is 1. The van der Waals surface area contributed by atoms with Gasteiger partial charge in [0.05, 0.1) is 4.88 Å². The maximum atomic E-state index is 13.0. The average Bonchev–Trinajstić information content (AvgIpc) is 3.39. The lowest BCUT2D eigenvalue weighted by atomic mass is 10.2. The molecule has 1 aromatic heterocycles. The summed E-state index contributed by atoms with van der Waals surface area (Å²) in [6, 6.07) is 15.0. The molecule has 0 N–H and O–H groups in total. The molecule has 0 spiro atoms. The van der Waals surface area contributed by atoms with Crippen molar-refractivity contribution in [3.8, 4) is 5.75 Å². The summed E-state index contributed by atoms with van der Waals surface area (Å²) in [6.07, 6.45) is 1.99. The van der Waals surface area contributed by atoms with Gasteiger partial charge in [0, 0.05) is 12.6 Å². The first-order valence-electron chi connectivity index (χ1n) is 9.06. The molecule has 5 nitrogen and oxygen atoms in total. The van der Waals surface area contributed by atoms with E-state index in [1.165, 1.54) is 11.3 Å². The second kappa shape index (κ2) is 7.96. The Morgan fingerprint density at radius 2 is 1.76 bits per heavy atom. The molecule has 0 bridgehead atoms. The van der Waals surface area contributed by atoms with E-state index in [0.717, 1.165) is 42.7 Å². The first-order chi connectivity index (χ1) is 13.9. The van der Waals surface area contributed by atoms with E-state index in [-0.39, 0.29) is 22.6 Å². The maximum absolute atomic E-state index is 13.0. The van der Waals surface area contributed by atoms with Crippen molar-refractivity contribution < 1.29 is 21.8 Å². The van der Waals surface area contributed by atoms with Crippen molar-refractivity contribution in [3.63, 3.8) is 0 Å². The van der Waals surface area contributed by atoms with Crippen molar-refractivity contribution in [1.82, 2.24) is 4.90 Å². The van der Waals surface area contributed by atoms with Crippen molar-refractivity contribution in [3.05, 3.63) is 82.3 Å². The highest BCUT2D eigenvalue weighted by atomic mass is 32.2. The lowest BCUT2D eigenvalue weighted by molar-refractivity contribution is 0.0735. The van der Waals surface area contributed by atoms with Gasteiger partial charge in [0.2, 0.25) is 0 Å². The first kappa shape index (κ1) is 19.6. The zero-order chi connectivity index (χ0) is 20.4. The van der Waals surface area contributed by atoms with Crippen LogP contribution in [0.3, 0.4) is 0 Å². The molecule has 0 atom stereocenters. The lowest BCUT2D eigenvalue weighted by Gasteiger charge is -2.22. The Kier molecular flexibility index (Phi) is 5.38. The Balaban J connectivity index is 1.46. The van der Waals surface area contributed by atoms with E-state index in [4.69, 9.17) is 4.18 Å². The Bertz CT molecular complexity index is 1090. The van der Waals surface area contributed by atoms with E-state index < -0.39 is 15.9 Å². The first-order valence-corrected chi connectivity index (χ1v) is 11.3. The summed E-state index contributed by atoms with van der Waals surface area (Å²) in [6.45, 7) is 0.451. The summed E-state index contributed by atoms with van der Waals surface area (Å²) in [7, 11) is -4.04. The summed E-state index contributed by atoms with van der Waals surface area (Å²) in [5.74, 6) is -0.354. The minimum Gasteiger partial charge on any atom is -0.379 e. The normalized spacial score (nSPS) is 13.8. The van der Waals surface area contributed by atoms with Crippen LogP contribution in [0.25, 0.3) is 0 Å². The smallest absolute Gasteiger partial charge is 0.339 e. The van der Waals surface area contributed by atoms with E-state index in [1.54, 1.807) is 24.3 Å². The number of benzene rings is 2. The van der Waals surface area contributed by atoms with E-state index in [2.05, 4.69) is 0 Å². The van der Waals surface area contributed by atoms with Gasteiger partial charge in [-0.3, -0.25) is 4.79 Å². The molecule has 29 heavy (non-hydrogen) atoms. The van der Waals surface area contributed by atoms with Crippen LogP contribution >= 0.6 is 11.3 Å². The standard InChI is InChI=1S/C21H18FNO4S2/c22-16-5-11-19(12-6-16)29(25,26)27-18-9-3-15(4-10-18)14-23(17-7-8-17)21(24)20-2-1-13-28-20/h1-6,9-13,17H,7-8,14H2. The van der Waals surface area contributed by atoms with Gasteiger partial charge in [-0.05, 0) is 66.2 Å². The molecule has 0 saturated heterocycles. The highest BCUT2D eigenvalue weighted by molar-refractivity contribution is 7.87. The summed E-state index contributed by atoms with van der Waals surface area (Å²) in [5.41, 5.74) is 0.883. The third-order valence-corrected chi connectivity index (χ3v) is 6.68. The maximum Gasteiger partial charge on any atom is 0.339 e. The van der Waals surface area contributed by atoms with Gasteiger partial charge in [-0.1, -0.05) is 18.2 Å². The van der Waals surface area contributed by atoms with Crippen LogP contribution in [0.1, 0.15) is 28.1 Å². The van der Waals surface area contributed by atoms with Gasteiger partial charge in [-0.25, -0.2) is 4.39 Å². The predicted octanol–water partition coefficient (Wildman–Crippen LogP) is 4.46. The largest absolute Gasteiger partial charge is 0.379 e. The van der Waals surface area contributed by atoms with Crippen molar-refractivity contribution >= 4 is 27.4 Å². The van der Waals surface area contributed by atoms with Crippen molar-refractivity contribution in [1.29, 1.82) is 0 Å². The summed E-state index contributed by atoms with van der Waals surface area (Å²) in [5, 5.41) is 1.88. The predicted molar refractivity (Wildman–Crippen MR) is 108 cm³/mol. The van der Waals surface area contributed by atoms with Gasteiger partial charge in [-0.2, -0.15) is 8.42 Å². The van der Waals surface area contributed by atoms with Gasteiger partial charge in [0.25, 0.3) is 5.91 Å². The van der Waals surface area contributed by atoms with Crippen molar-refractivity contribution in [2.24, 2.45) is 0 Å². The Labute approximate surface area is 172 Å². The number of carbonyl (C=O) groups is 1. The Morgan fingerprint density at radius 3 is 2.34 bits per heavy atom. The number of carbonyl (C=O) groups excluding carboxylic acids is 1. The zero-order valence-electron chi connectivity index (χ0n) is 15.3. The number of hydrogen-bond donors (Lipinski definition) is 0. The van der Waals surface area contributed by atoms with Crippen molar-refractivity contribution in [2.75, 3.05) is 0 Å².